The van der Waals surface area contributed by atoms with E-state index in [1.165, 1.54) is 30.5 Å². The summed E-state index contributed by atoms with van der Waals surface area (Å²) in [5, 5.41) is 2.71. The van der Waals surface area contributed by atoms with Gasteiger partial charge in [0.05, 0.1) is 14.9 Å². The van der Waals surface area contributed by atoms with Crippen LogP contribution in [-0.4, -0.2) is 28.4 Å². The Morgan fingerprint density at radius 3 is 2.30 bits per heavy atom. The van der Waals surface area contributed by atoms with Crippen LogP contribution in [0.1, 0.15) is 5.56 Å². The lowest BCUT2D eigenvalue weighted by molar-refractivity contribution is 0.587. The maximum absolute atomic E-state index is 12.3. The van der Waals surface area contributed by atoms with Crippen molar-refractivity contribution in [2.24, 2.45) is 0 Å². The number of nitrogens with zero attached hydrogens (tertiary/aromatic N) is 1. The van der Waals surface area contributed by atoms with E-state index in [0.29, 0.717) is 16.5 Å². The second-order valence-electron chi connectivity index (χ2n) is 5.97. The summed E-state index contributed by atoms with van der Waals surface area (Å²) in [6.45, 7) is 0.136. The molecule has 0 fully saturated rings. The van der Waals surface area contributed by atoms with Gasteiger partial charge >= 0.3 is 0 Å². The van der Waals surface area contributed by atoms with Gasteiger partial charge in [0, 0.05) is 23.8 Å². The first-order valence-electron chi connectivity index (χ1n) is 8.38. The summed E-state index contributed by atoms with van der Waals surface area (Å²) in [6.07, 6.45) is 1.90. The molecule has 13 heteroatoms. The number of nitrogens with one attached hydrogen (secondary N) is 3. The Morgan fingerprint density at radius 1 is 0.933 bits per heavy atom. The molecular weight excluding hydrogens is 491 g/mol. The molecule has 0 aliphatic carbocycles. The normalized spacial score (nSPS) is 11.9. The van der Waals surface area contributed by atoms with Crippen LogP contribution in [0.4, 0.5) is 10.8 Å². The standard InChI is InChI=1S/C17H16Cl2N4O4S3/c18-15-6-1-12(11-16(15)19)7-8-21-30(26,27)22-13-2-4-14(5-3-13)29(24,25)23-17-20-9-10-28-17/h1-6,9-11,21-22H,7-8H2,(H,20,23). The number of benzene rings is 2. The number of hydrogen-bond acceptors (Lipinski definition) is 6. The van der Waals surface area contributed by atoms with E-state index in [2.05, 4.69) is 19.2 Å². The molecule has 0 unspecified atom stereocenters. The van der Waals surface area contributed by atoms with Gasteiger partial charge in [-0.2, -0.15) is 13.1 Å². The molecule has 3 rings (SSSR count). The third-order valence-corrected chi connectivity index (χ3v) is 7.76. The van der Waals surface area contributed by atoms with Crippen LogP contribution in [0.2, 0.25) is 10.0 Å². The van der Waals surface area contributed by atoms with Crippen molar-refractivity contribution in [2.75, 3.05) is 16.0 Å². The summed E-state index contributed by atoms with van der Waals surface area (Å²) in [7, 11) is -7.66. The first-order chi connectivity index (χ1) is 14.1. The van der Waals surface area contributed by atoms with Gasteiger partial charge in [-0.15, -0.1) is 11.3 Å². The second-order valence-corrected chi connectivity index (χ2v) is 10.9. The quantitative estimate of drug-likeness (QED) is 0.408. The van der Waals surface area contributed by atoms with Crippen molar-refractivity contribution in [1.29, 1.82) is 0 Å². The molecule has 0 amide bonds. The molecule has 0 aliphatic rings. The van der Waals surface area contributed by atoms with Crippen molar-refractivity contribution >= 4 is 65.6 Å². The summed E-state index contributed by atoms with van der Waals surface area (Å²) < 4.78 is 56.1. The van der Waals surface area contributed by atoms with Crippen molar-refractivity contribution in [3.05, 3.63) is 69.7 Å². The van der Waals surface area contributed by atoms with Gasteiger partial charge in [-0.1, -0.05) is 29.3 Å². The number of anilines is 2. The zero-order valence-electron chi connectivity index (χ0n) is 15.2. The highest BCUT2D eigenvalue weighted by Crippen LogP contribution is 2.23. The van der Waals surface area contributed by atoms with Gasteiger partial charge in [0.1, 0.15) is 0 Å². The van der Waals surface area contributed by atoms with Gasteiger partial charge in [0.15, 0.2) is 5.13 Å². The maximum Gasteiger partial charge on any atom is 0.299 e. The lowest BCUT2D eigenvalue weighted by Gasteiger charge is -2.11. The molecule has 1 aromatic heterocycles. The van der Waals surface area contributed by atoms with Crippen LogP contribution >= 0.6 is 34.5 Å². The van der Waals surface area contributed by atoms with E-state index in [-0.39, 0.29) is 22.3 Å². The first-order valence-corrected chi connectivity index (χ1v) is 13.0. The maximum atomic E-state index is 12.3. The molecule has 2 aromatic carbocycles. The fourth-order valence-electron chi connectivity index (χ4n) is 2.37. The number of hydrogen-bond donors (Lipinski definition) is 3. The predicted molar refractivity (Wildman–Crippen MR) is 120 cm³/mol. The zero-order chi connectivity index (χ0) is 21.8. The van der Waals surface area contributed by atoms with E-state index in [1.807, 2.05) is 0 Å². The van der Waals surface area contributed by atoms with Crippen molar-refractivity contribution in [2.45, 2.75) is 11.3 Å². The summed E-state index contributed by atoms with van der Waals surface area (Å²) in [4.78, 5) is 3.85. The van der Waals surface area contributed by atoms with Gasteiger partial charge < -0.3 is 0 Å². The summed E-state index contributed by atoms with van der Waals surface area (Å²) in [6, 6.07) is 10.4. The van der Waals surface area contributed by atoms with Crippen LogP contribution in [0, 0.1) is 0 Å². The van der Waals surface area contributed by atoms with E-state index in [9.17, 15) is 16.8 Å². The van der Waals surface area contributed by atoms with Crippen LogP contribution in [0.3, 0.4) is 0 Å². The minimum absolute atomic E-state index is 0.0202. The highest BCUT2D eigenvalue weighted by atomic mass is 35.5. The number of halogens is 2. The average Bonchev–Trinajstić information content (AvgIpc) is 3.17. The van der Waals surface area contributed by atoms with Crippen LogP contribution < -0.4 is 14.2 Å². The van der Waals surface area contributed by atoms with Gasteiger partial charge in [0.2, 0.25) is 0 Å². The number of sulfonamides is 1. The minimum atomic E-state index is -3.84. The molecule has 0 aliphatic heterocycles. The SMILES string of the molecule is O=S(=O)(NCCc1ccc(Cl)c(Cl)c1)Nc1ccc(S(=O)(=O)Nc2nccs2)cc1. The molecule has 0 saturated carbocycles. The molecule has 0 spiro atoms. The molecule has 1 heterocycles. The van der Waals surface area contributed by atoms with Crippen molar-refractivity contribution < 1.29 is 16.8 Å². The zero-order valence-corrected chi connectivity index (χ0v) is 19.1. The predicted octanol–water partition coefficient (Wildman–Crippen LogP) is 3.74. The molecule has 0 radical (unpaired) electrons. The fraction of sp³-hybridized carbons (Fsp3) is 0.118. The Bertz CT molecular complexity index is 1220. The summed E-state index contributed by atoms with van der Waals surface area (Å²) in [5.74, 6) is 0. The highest BCUT2D eigenvalue weighted by molar-refractivity contribution is 7.93. The fourth-order valence-corrected chi connectivity index (χ4v) is 5.36. The van der Waals surface area contributed by atoms with E-state index in [1.54, 1.807) is 23.6 Å². The Kier molecular flexibility index (Phi) is 7.22. The molecule has 30 heavy (non-hydrogen) atoms. The van der Waals surface area contributed by atoms with Gasteiger partial charge in [0.25, 0.3) is 20.2 Å². The Hall–Kier alpha value is -1.89. The van der Waals surface area contributed by atoms with Crippen LogP contribution in [0.15, 0.2) is 58.9 Å². The van der Waals surface area contributed by atoms with Crippen molar-refractivity contribution in [3.8, 4) is 0 Å². The van der Waals surface area contributed by atoms with Gasteiger partial charge in [-0.3, -0.25) is 9.44 Å². The minimum Gasteiger partial charge on any atom is -0.271 e. The smallest absolute Gasteiger partial charge is 0.271 e. The Morgan fingerprint density at radius 2 is 1.67 bits per heavy atom. The third-order valence-electron chi connectivity index (χ3n) is 3.76. The van der Waals surface area contributed by atoms with E-state index in [0.717, 1.165) is 16.9 Å². The van der Waals surface area contributed by atoms with E-state index in [4.69, 9.17) is 23.2 Å². The lowest BCUT2D eigenvalue weighted by Crippen LogP contribution is -2.31. The molecule has 0 bridgehead atoms. The number of thiazole rings is 1. The third kappa shape index (κ3) is 6.30. The molecular formula is C17H16Cl2N4O4S3. The topological polar surface area (TPSA) is 117 Å². The molecule has 3 aromatic rings. The van der Waals surface area contributed by atoms with E-state index < -0.39 is 20.2 Å². The molecule has 160 valence electrons. The first kappa shape index (κ1) is 22.8. The molecule has 0 atom stereocenters. The Labute approximate surface area is 188 Å². The summed E-state index contributed by atoms with van der Waals surface area (Å²) in [5.41, 5.74) is 1.04. The lowest BCUT2D eigenvalue weighted by atomic mass is 10.1. The molecule has 8 nitrogen and oxygen atoms in total. The van der Waals surface area contributed by atoms with Gasteiger partial charge in [-0.25, -0.2) is 13.4 Å². The van der Waals surface area contributed by atoms with Crippen LogP contribution in [-0.2, 0) is 26.7 Å². The summed E-state index contributed by atoms with van der Waals surface area (Å²) >= 11 is 12.9. The molecule has 3 N–H and O–H groups in total. The van der Waals surface area contributed by atoms with Gasteiger partial charge in [-0.05, 0) is 48.4 Å². The largest absolute Gasteiger partial charge is 0.299 e. The van der Waals surface area contributed by atoms with Crippen molar-refractivity contribution in [3.63, 3.8) is 0 Å². The average molecular weight is 507 g/mol. The van der Waals surface area contributed by atoms with Crippen LogP contribution in [0.5, 0.6) is 0 Å². The monoisotopic (exact) mass is 506 g/mol. The number of rotatable bonds is 9. The molecule has 0 saturated heterocycles. The Balaban J connectivity index is 1.57. The number of aromatic nitrogens is 1. The second kappa shape index (κ2) is 9.50. The van der Waals surface area contributed by atoms with Crippen molar-refractivity contribution in [1.82, 2.24) is 9.71 Å². The highest BCUT2D eigenvalue weighted by Gasteiger charge is 2.16. The van der Waals surface area contributed by atoms with Crippen LogP contribution in [0.25, 0.3) is 0 Å². The van der Waals surface area contributed by atoms with E-state index >= 15 is 0 Å².